The molecular weight excluding hydrogens is 375 g/mol. The predicted octanol–water partition coefficient (Wildman–Crippen LogP) is 2.88. The fraction of sp³-hybridized carbons (Fsp3) is 0.579. The zero-order valence-electron chi connectivity index (χ0n) is 14.9. The van der Waals surface area contributed by atoms with Crippen LogP contribution in [-0.4, -0.2) is 48.2 Å². The summed E-state index contributed by atoms with van der Waals surface area (Å²) in [6.07, 6.45) is 2.50. The van der Waals surface area contributed by atoms with E-state index in [4.69, 9.17) is 21.1 Å². The molecule has 2 heterocycles. The van der Waals surface area contributed by atoms with Crippen LogP contribution in [0.3, 0.4) is 0 Å². The number of nitrogens with zero attached hydrogens (tertiary/aromatic N) is 1. The molecule has 2 aliphatic heterocycles. The summed E-state index contributed by atoms with van der Waals surface area (Å²) < 4.78 is 23.9. The summed E-state index contributed by atoms with van der Waals surface area (Å²) in [6.45, 7) is 2.01. The molecule has 4 rings (SSSR count). The molecule has 1 aliphatic carbocycles. The minimum atomic E-state index is -0.389. The number of benzene rings is 1. The predicted molar refractivity (Wildman–Crippen MR) is 95.7 cm³/mol. The molecule has 3 aliphatic rings. The fourth-order valence-corrected chi connectivity index (χ4v) is 4.34. The highest BCUT2D eigenvalue weighted by Crippen LogP contribution is 2.41. The van der Waals surface area contributed by atoms with Crippen molar-refractivity contribution in [2.45, 2.75) is 43.9 Å². The third kappa shape index (κ3) is 3.89. The standard InChI is InChI=1S/C19H22ClFN2O4/c20-16-7-14(21)2-1-12(16)10-26-15-3-5-23(6-4-15)17(24)13-8-19(9-13)11-27-18(25)22-19/h1-2,7,13,15H,3-6,8-11H2,(H,22,25)/t13-,19-. The van der Waals surface area contributed by atoms with Crippen LogP contribution in [0.15, 0.2) is 18.2 Å². The first kappa shape index (κ1) is 18.5. The van der Waals surface area contributed by atoms with Crippen LogP contribution in [0, 0.1) is 11.7 Å². The Hall–Kier alpha value is -1.86. The number of rotatable bonds is 4. The smallest absolute Gasteiger partial charge is 0.407 e. The van der Waals surface area contributed by atoms with Crippen molar-refractivity contribution in [1.82, 2.24) is 10.2 Å². The molecule has 1 spiro atoms. The number of cyclic esters (lactones) is 1. The molecule has 0 radical (unpaired) electrons. The van der Waals surface area contributed by atoms with Gasteiger partial charge in [0.15, 0.2) is 0 Å². The van der Waals surface area contributed by atoms with Crippen LogP contribution in [0.5, 0.6) is 0 Å². The third-order valence-electron chi connectivity index (χ3n) is 5.71. The summed E-state index contributed by atoms with van der Waals surface area (Å²) in [5, 5.41) is 3.18. The van der Waals surface area contributed by atoms with Crippen molar-refractivity contribution in [3.05, 3.63) is 34.6 Å². The van der Waals surface area contributed by atoms with Crippen LogP contribution in [0.25, 0.3) is 0 Å². The monoisotopic (exact) mass is 396 g/mol. The lowest BCUT2D eigenvalue weighted by molar-refractivity contribution is -0.144. The maximum atomic E-state index is 13.1. The summed E-state index contributed by atoms with van der Waals surface area (Å²) >= 11 is 6.02. The Bertz CT molecular complexity index is 745. The molecule has 0 unspecified atom stereocenters. The van der Waals surface area contributed by atoms with Crippen molar-refractivity contribution in [1.29, 1.82) is 0 Å². The number of amides is 2. The molecular formula is C19H22ClFN2O4. The number of piperidine rings is 1. The highest BCUT2D eigenvalue weighted by Gasteiger charge is 2.53. The lowest BCUT2D eigenvalue weighted by Crippen LogP contribution is -2.58. The maximum absolute atomic E-state index is 13.1. The van der Waals surface area contributed by atoms with Crippen LogP contribution in [0.2, 0.25) is 5.02 Å². The van der Waals surface area contributed by atoms with Gasteiger partial charge in [0.1, 0.15) is 12.4 Å². The molecule has 2 saturated heterocycles. The minimum absolute atomic E-state index is 0.0394. The second kappa shape index (κ2) is 7.28. The second-order valence-corrected chi connectivity index (χ2v) is 8.07. The Labute approximate surface area is 161 Å². The highest BCUT2D eigenvalue weighted by molar-refractivity contribution is 6.31. The average Bonchev–Trinajstić information content (AvgIpc) is 3.02. The van der Waals surface area contributed by atoms with Gasteiger partial charge in [-0.15, -0.1) is 0 Å². The SMILES string of the molecule is O=C1N[C@]2(CO1)C[C@@H](C(=O)N1CCC(OCc3ccc(F)cc3Cl)CC1)C2. The third-order valence-corrected chi connectivity index (χ3v) is 6.07. The number of hydrogen-bond acceptors (Lipinski definition) is 4. The molecule has 3 fully saturated rings. The van der Waals surface area contributed by atoms with E-state index < -0.39 is 0 Å². The molecule has 0 atom stereocenters. The van der Waals surface area contributed by atoms with Crippen molar-refractivity contribution in [2.24, 2.45) is 5.92 Å². The topological polar surface area (TPSA) is 67.9 Å². The van der Waals surface area contributed by atoms with E-state index in [1.807, 2.05) is 4.90 Å². The number of carbonyl (C=O) groups is 2. The molecule has 2 amide bonds. The summed E-state index contributed by atoms with van der Waals surface area (Å²) in [6, 6.07) is 4.29. The van der Waals surface area contributed by atoms with Crippen LogP contribution >= 0.6 is 11.6 Å². The number of nitrogens with one attached hydrogen (secondary N) is 1. The Morgan fingerprint density at radius 3 is 2.74 bits per heavy atom. The largest absolute Gasteiger partial charge is 0.447 e. The van der Waals surface area contributed by atoms with Crippen LogP contribution in [0.1, 0.15) is 31.2 Å². The van der Waals surface area contributed by atoms with Crippen molar-refractivity contribution in [2.75, 3.05) is 19.7 Å². The van der Waals surface area contributed by atoms with Crippen LogP contribution in [-0.2, 0) is 20.9 Å². The molecule has 1 N–H and O–H groups in total. The lowest BCUT2D eigenvalue weighted by Gasteiger charge is -2.44. The van der Waals surface area contributed by atoms with Gasteiger partial charge < -0.3 is 19.7 Å². The van der Waals surface area contributed by atoms with Crippen molar-refractivity contribution in [3.8, 4) is 0 Å². The highest BCUT2D eigenvalue weighted by atomic mass is 35.5. The van der Waals surface area contributed by atoms with E-state index in [1.54, 1.807) is 6.07 Å². The van der Waals surface area contributed by atoms with Gasteiger partial charge in [-0.05, 0) is 43.4 Å². The van der Waals surface area contributed by atoms with Gasteiger partial charge in [-0.25, -0.2) is 9.18 Å². The van der Waals surface area contributed by atoms with Crippen molar-refractivity contribution >= 4 is 23.6 Å². The average molecular weight is 397 g/mol. The fourth-order valence-electron chi connectivity index (χ4n) is 4.12. The number of ether oxygens (including phenoxy) is 2. The first-order chi connectivity index (χ1) is 12.9. The number of likely N-dealkylation sites (tertiary alicyclic amines) is 1. The first-order valence-electron chi connectivity index (χ1n) is 9.23. The Kier molecular flexibility index (Phi) is 4.99. The van der Waals surface area contributed by atoms with Crippen LogP contribution < -0.4 is 5.32 Å². The minimum Gasteiger partial charge on any atom is -0.447 e. The molecule has 1 saturated carbocycles. The first-order valence-corrected chi connectivity index (χ1v) is 9.61. The summed E-state index contributed by atoms with van der Waals surface area (Å²) in [5.74, 6) is -0.249. The van der Waals surface area contributed by atoms with Gasteiger partial charge in [0.2, 0.25) is 5.91 Å². The summed E-state index contributed by atoms with van der Waals surface area (Å²) in [5.41, 5.74) is 0.435. The van der Waals surface area contributed by atoms with Gasteiger partial charge >= 0.3 is 6.09 Å². The molecule has 8 heteroatoms. The number of hydrogen-bond donors (Lipinski definition) is 1. The maximum Gasteiger partial charge on any atom is 0.407 e. The van der Waals surface area contributed by atoms with E-state index in [0.29, 0.717) is 44.2 Å². The van der Waals surface area contributed by atoms with Gasteiger partial charge in [-0.3, -0.25) is 4.79 Å². The number of alkyl carbamates (subject to hydrolysis) is 1. The van der Waals surface area contributed by atoms with E-state index in [0.717, 1.165) is 18.4 Å². The summed E-state index contributed by atoms with van der Waals surface area (Å²) in [7, 11) is 0. The van der Waals surface area contributed by atoms with Gasteiger partial charge in [-0.1, -0.05) is 17.7 Å². The molecule has 1 aromatic carbocycles. The second-order valence-electron chi connectivity index (χ2n) is 7.66. The zero-order chi connectivity index (χ0) is 19.0. The Balaban J connectivity index is 1.21. The molecule has 0 bridgehead atoms. The van der Waals surface area contributed by atoms with E-state index in [2.05, 4.69) is 5.32 Å². The van der Waals surface area contributed by atoms with E-state index in [-0.39, 0.29) is 35.4 Å². The van der Waals surface area contributed by atoms with Gasteiger partial charge in [0.25, 0.3) is 0 Å². The Morgan fingerprint density at radius 2 is 2.11 bits per heavy atom. The zero-order valence-corrected chi connectivity index (χ0v) is 15.6. The molecule has 0 aromatic heterocycles. The molecule has 6 nitrogen and oxygen atoms in total. The normalized spacial score (nSPS) is 28.0. The lowest BCUT2D eigenvalue weighted by atomic mass is 9.68. The van der Waals surface area contributed by atoms with Crippen molar-refractivity contribution in [3.63, 3.8) is 0 Å². The van der Waals surface area contributed by atoms with Gasteiger partial charge in [-0.2, -0.15) is 0 Å². The molecule has 146 valence electrons. The van der Waals surface area contributed by atoms with Crippen molar-refractivity contribution < 1.29 is 23.5 Å². The van der Waals surface area contributed by atoms with E-state index in [9.17, 15) is 14.0 Å². The number of carbonyl (C=O) groups excluding carboxylic acids is 2. The van der Waals surface area contributed by atoms with Gasteiger partial charge in [0, 0.05) is 24.0 Å². The van der Waals surface area contributed by atoms with E-state index >= 15 is 0 Å². The quantitative estimate of drug-likeness (QED) is 0.849. The van der Waals surface area contributed by atoms with Gasteiger partial charge in [0.05, 0.1) is 18.2 Å². The number of halogens is 2. The molecule has 1 aromatic rings. The molecule has 27 heavy (non-hydrogen) atoms. The van der Waals surface area contributed by atoms with E-state index in [1.165, 1.54) is 12.1 Å². The Morgan fingerprint density at radius 1 is 1.37 bits per heavy atom. The summed E-state index contributed by atoms with van der Waals surface area (Å²) in [4.78, 5) is 25.7. The van der Waals surface area contributed by atoms with Crippen LogP contribution in [0.4, 0.5) is 9.18 Å².